The predicted molar refractivity (Wildman–Crippen MR) is 47.3 cm³/mol. The minimum Gasteiger partial charge on any atom is -0.279 e. The molecule has 0 atom stereocenters. The Morgan fingerprint density at radius 1 is 1.25 bits per heavy atom. The molecule has 1 aromatic rings. The van der Waals surface area contributed by atoms with Gasteiger partial charge < -0.3 is 0 Å². The third kappa shape index (κ3) is 1.42. The largest absolute Gasteiger partial charge is 0.346 e. The van der Waals surface area contributed by atoms with E-state index in [1.807, 2.05) is 27.7 Å². The molecule has 0 aliphatic carbocycles. The summed E-state index contributed by atoms with van der Waals surface area (Å²) >= 11 is 0. The molecule has 0 unspecified atom stereocenters. The molecule has 0 bridgehead atoms. The summed E-state index contributed by atoms with van der Waals surface area (Å²) in [6, 6.07) is 0.322. The third-order valence-electron chi connectivity index (χ3n) is 1.76. The molecular weight excluding hydrogens is 154 g/mol. The summed E-state index contributed by atoms with van der Waals surface area (Å²) in [4.78, 5) is 11.5. The third-order valence-corrected chi connectivity index (χ3v) is 1.76. The fourth-order valence-electron chi connectivity index (χ4n) is 1.04. The van der Waals surface area contributed by atoms with Gasteiger partial charge in [0.25, 0.3) is 0 Å². The highest BCUT2D eigenvalue weighted by Crippen LogP contribution is 2.00. The second kappa shape index (κ2) is 3.13. The molecule has 68 valence electrons. The smallest absolute Gasteiger partial charge is 0.279 e. The first-order chi connectivity index (χ1) is 5.54. The lowest BCUT2D eigenvalue weighted by molar-refractivity contribution is 0.492. The Kier molecular flexibility index (Phi) is 2.35. The van der Waals surface area contributed by atoms with Gasteiger partial charge in [-0.1, -0.05) is 0 Å². The van der Waals surface area contributed by atoms with Crippen LogP contribution >= 0.6 is 0 Å². The first-order valence-electron chi connectivity index (χ1n) is 4.19. The zero-order chi connectivity index (χ0) is 9.30. The maximum atomic E-state index is 11.5. The van der Waals surface area contributed by atoms with E-state index in [-0.39, 0.29) is 17.8 Å². The molecule has 4 nitrogen and oxygen atoms in total. The van der Waals surface area contributed by atoms with E-state index in [9.17, 15) is 4.79 Å². The average Bonchev–Trinajstić information content (AvgIpc) is 2.30. The van der Waals surface area contributed by atoms with Gasteiger partial charge in [0.05, 0.1) is 6.04 Å². The highest BCUT2D eigenvalue weighted by molar-refractivity contribution is 4.73. The molecule has 0 saturated carbocycles. The molecule has 0 aliphatic rings. The summed E-state index contributed by atoms with van der Waals surface area (Å²) in [7, 11) is 0. The summed E-state index contributed by atoms with van der Waals surface area (Å²) < 4.78 is 3.11. The zero-order valence-corrected chi connectivity index (χ0v) is 7.98. The summed E-state index contributed by atoms with van der Waals surface area (Å²) in [6.07, 6.45) is 1.59. The summed E-state index contributed by atoms with van der Waals surface area (Å²) in [5.41, 5.74) is -0.0278. The number of hydrogen-bond acceptors (Lipinski definition) is 2. The Bertz CT molecular complexity index is 280. The van der Waals surface area contributed by atoms with Crippen molar-refractivity contribution in [3.05, 3.63) is 16.8 Å². The van der Waals surface area contributed by atoms with Crippen LogP contribution in [0.4, 0.5) is 0 Å². The van der Waals surface area contributed by atoms with E-state index in [2.05, 4.69) is 5.10 Å². The van der Waals surface area contributed by atoms with E-state index in [0.717, 1.165) is 0 Å². The molecule has 0 saturated heterocycles. The van der Waals surface area contributed by atoms with Crippen molar-refractivity contribution in [2.45, 2.75) is 39.8 Å². The quantitative estimate of drug-likeness (QED) is 0.667. The standard InChI is InChI=1S/C8H15N3O/c1-6(2)10-5-9-11(7(3)4)8(10)12/h5-7H,1-4H3. The van der Waals surface area contributed by atoms with E-state index < -0.39 is 0 Å². The van der Waals surface area contributed by atoms with Crippen LogP contribution in [-0.2, 0) is 0 Å². The molecule has 1 aromatic heterocycles. The first kappa shape index (κ1) is 9.03. The maximum Gasteiger partial charge on any atom is 0.346 e. The minimum absolute atomic E-state index is 0.0278. The van der Waals surface area contributed by atoms with Crippen LogP contribution in [0.15, 0.2) is 11.1 Å². The van der Waals surface area contributed by atoms with Crippen LogP contribution in [0.1, 0.15) is 39.8 Å². The second-order valence-electron chi connectivity index (χ2n) is 3.45. The van der Waals surface area contributed by atoms with Crippen molar-refractivity contribution in [2.75, 3.05) is 0 Å². The van der Waals surface area contributed by atoms with Gasteiger partial charge in [-0.25, -0.2) is 9.48 Å². The van der Waals surface area contributed by atoms with Crippen LogP contribution in [0, 0.1) is 0 Å². The fourth-order valence-corrected chi connectivity index (χ4v) is 1.04. The summed E-state index contributed by atoms with van der Waals surface area (Å²) in [5.74, 6) is 0. The lowest BCUT2D eigenvalue weighted by atomic mass is 10.4. The fraction of sp³-hybridized carbons (Fsp3) is 0.750. The van der Waals surface area contributed by atoms with Crippen LogP contribution in [0.2, 0.25) is 0 Å². The van der Waals surface area contributed by atoms with Crippen LogP contribution in [0.25, 0.3) is 0 Å². The van der Waals surface area contributed by atoms with Crippen molar-refractivity contribution < 1.29 is 0 Å². The van der Waals surface area contributed by atoms with Crippen molar-refractivity contribution in [3.8, 4) is 0 Å². The van der Waals surface area contributed by atoms with E-state index in [1.54, 1.807) is 10.9 Å². The van der Waals surface area contributed by atoms with Gasteiger partial charge >= 0.3 is 5.69 Å². The van der Waals surface area contributed by atoms with Crippen LogP contribution in [0.5, 0.6) is 0 Å². The van der Waals surface area contributed by atoms with Gasteiger partial charge in [-0.3, -0.25) is 4.57 Å². The number of nitrogens with zero attached hydrogens (tertiary/aromatic N) is 3. The van der Waals surface area contributed by atoms with Crippen LogP contribution in [-0.4, -0.2) is 14.3 Å². The van der Waals surface area contributed by atoms with E-state index in [0.29, 0.717) is 0 Å². The second-order valence-corrected chi connectivity index (χ2v) is 3.45. The molecule has 0 spiro atoms. The molecule has 1 heterocycles. The first-order valence-corrected chi connectivity index (χ1v) is 4.19. The maximum absolute atomic E-state index is 11.5. The van der Waals surface area contributed by atoms with Gasteiger partial charge in [0.2, 0.25) is 0 Å². The van der Waals surface area contributed by atoms with Crippen molar-refractivity contribution >= 4 is 0 Å². The van der Waals surface area contributed by atoms with Gasteiger partial charge in [-0.2, -0.15) is 5.10 Å². The molecule has 0 amide bonds. The Hall–Kier alpha value is -1.06. The van der Waals surface area contributed by atoms with Gasteiger partial charge in [-0.15, -0.1) is 0 Å². The summed E-state index contributed by atoms with van der Waals surface area (Å²) in [6.45, 7) is 7.82. The Morgan fingerprint density at radius 3 is 2.08 bits per heavy atom. The monoisotopic (exact) mass is 169 g/mol. The van der Waals surface area contributed by atoms with Gasteiger partial charge in [0, 0.05) is 6.04 Å². The molecule has 1 rings (SSSR count). The van der Waals surface area contributed by atoms with E-state index >= 15 is 0 Å². The molecule has 0 fully saturated rings. The number of rotatable bonds is 2. The van der Waals surface area contributed by atoms with Crippen LogP contribution in [0.3, 0.4) is 0 Å². The van der Waals surface area contributed by atoms with Crippen molar-refractivity contribution in [2.24, 2.45) is 0 Å². The van der Waals surface area contributed by atoms with Gasteiger partial charge in [0.15, 0.2) is 0 Å². The number of aromatic nitrogens is 3. The van der Waals surface area contributed by atoms with Crippen molar-refractivity contribution in [1.29, 1.82) is 0 Å². The molecule has 0 N–H and O–H groups in total. The molecule has 12 heavy (non-hydrogen) atoms. The van der Waals surface area contributed by atoms with Crippen molar-refractivity contribution in [3.63, 3.8) is 0 Å². The topological polar surface area (TPSA) is 39.8 Å². The highest BCUT2D eigenvalue weighted by atomic mass is 16.2. The Labute approximate surface area is 71.8 Å². The Balaban J connectivity index is 3.14. The minimum atomic E-state index is -0.0278. The average molecular weight is 169 g/mol. The molecule has 0 radical (unpaired) electrons. The molecule has 0 aromatic carbocycles. The van der Waals surface area contributed by atoms with Crippen molar-refractivity contribution in [1.82, 2.24) is 14.3 Å². The van der Waals surface area contributed by atoms with Gasteiger partial charge in [-0.05, 0) is 27.7 Å². The van der Waals surface area contributed by atoms with Gasteiger partial charge in [0.1, 0.15) is 6.33 Å². The summed E-state index contributed by atoms with van der Waals surface area (Å²) in [5, 5.41) is 4.00. The SMILES string of the molecule is CC(C)n1cnn(C(C)C)c1=O. The van der Waals surface area contributed by atoms with E-state index in [1.165, 1.54) is 4.68 Å². The zero-order valence-electron chi connectivity index (χ0n) is 7.98. The molecule has 4 heteroatoms. The normalized spacial score (nSPS) is 11.5. The molecular formula is C8H15N3O. The predicted octanol–water partition coefficient (Wildman–Crippen LogP) is 1.21. The van der Waals surface area contributed by atoms with Crippen LogP contribution < -0.4 is 5.69 Å². The lowest BCUT2D eigenvalue weighted by Crippen LogP contribution is -2.27. The number of hydrogen-bond donors (Lipinski definition) is 0. The molecule has 0 aliphatic heterocycles. The van der Waals surface area contributed by atoms with E-state index in [4.69, 9.17) is 0 Å². The Morgan fingerprint density at radius 2 is 1.83 bits per heavy atom. The lowest BCUT2D eigenvalue weighted by Gasteiger charge is -2.04. The highest BCUT2D eigenvalue weighted by Gasteiger charge is 2.08.